The topological polar surface area (TPSA) is 12.0 Å². The van der Waals surface area contributed by atoms with Crippen LogP contribution >= 0.6 is 0 Å². The number of rotatable bonds is 4. The normalized spacial score (nSPS) is 12.4. The molecule has 2 aromatic rings. The van der Waals surface area contributed by atoms with Gasteiger partial charge in [0, 0.05) is 6.04 Å². The maximum atomic E-state index is 13.3. The molecule has 0 aliphatic heterocycles. The van der Waals surface area contributed by atoms with Crippen LogP contribution in [0, 0.1) is 12.7 Å². The Morgan fingerprint density at radius 2 is 1.84 bits per heavy atom. The molecule has 0 fully saturated rings. The van der Waals surface area contributed by atoms with E-state index in [-0.39, 0.29) is 5.82 Å². The fourth-order valence-electron chi connectivity index (χ4n) is 2.37. The molecule has 2 heteroatoms. The maximum Gasteiger partial charge on any atom is 0.126 e. The van der Waals surface area contributed by atoms with Gasteiger partial charge in [-0.2, -0.15) is 0 Å². The van der Waals surface area contributed by atoms with Crippen LogP contribution in [0.25, 0.3) is 11.1 Å². The Morgan fingerprint density at radius 3 is 2.47 bits per heavy atom. The average molecular weight is 257 g/mol. The molecule has 100 valence electrons. The van der Waals surface area contributed by atoms with E-state index in [4.69, 9.17) is 0 Å². The van der Waals surface area contributed by atoms with Crippen LogP contribution < -0.4 is 5.32 Å². The van der Waals surface area contributed by atoms with Gasteiger partial charge in [0.1, 0.15) is 5.82 Å². The van der Waals surface area contributed by atoms with E-state index in [1.165, 1.54) is 11.6 Å². The van der Waals surface area contributed by atoms with E-state index in [9.17, 15) is 4.39 Å². The van der Waals surface area contributed by atoms with Crippen molar-refractivity contribution < 1.29 is 4.39 Å². The molecule has 0 bridgehead atoms. The van der Waals surface area contributed by atoms with Crippen molar-refractivity contribution >= 4 is 0 Å². The van der Waals surface area contributed by atoms with Crippen molar-refractivity contribution in [2.24, 2.45) is 0 Å². The number of nitrogens with one attached hydrogen (secondary N) is 1. The van der Waals surface area contributed by atoms with Crippen molar-refractivity contribution in [1.29, 1.82) is 0 Å². The molecule has 0 spiro atoms. The molecule has 2 rings (SSSR count). The predicted molar refractivity (Wildman–Crippen MR) is 78.7 cm³/mol. The van der Waals surface area contributed by atoms with E-state index in [0.717, 1.165) is 17.5 Å². The van der Waals surface area contributed by atoms with Crippen molar-refractivity contribution in [3.63, 3.8) is 0 Å². The molecule has 1 N–H and O–H groups in total. The highest BCUT2D eigenvalue weighted by atomic mass is 19.1. The third-order valence-corrected chi connectivity index (χ3v) is 3.54. The summed E-state index contributed by atoms with van der Waals surface area (Å²) in [5.41, 5.74) is 4.15. The van der Waals surface area contributed by atoms with Crippen LogP contribution in [0.4, 0.5) is 4.39 Å². The summed E-state index contributed by atoms with van der Waals surface area (Å²) in [6, 6.07) is 14.1. The van der Waals surface area contributed by atoms with E-state index >= 15 is 0 Å². The van der Waals surface area contributed by atoms with E-state index in [1.54, 1.807) is 6.92 Å². The quantitative estimate of drug-likeness (QED) is 0.852. The van der Waals surface area contributed by atoms with Gasteiger partial charge >= 0.3 is 0 Å². The van der Waals surface area contributed by atoms with Gasteiger partial charge in [0.2, 0.25) is 0 Å². The Labute approximate surface area is 114 Å². The van der Waals surface area contributed by atoms with E-state index in [0.29, 0.717) is 11.6 Å². The number of halogens is 1. The molecule has 0 saturated heterocycles. The monoisotopic (exact) mass is 257 g/mol. The SMILES string of the molecule is CCC(NC)c1cccc(-c2ccc(F)c(C)c2)c1. The van der Waals surface area contributed by atoms with Crippen LogP contribution in [0.2, 0.25) is 0 Å². The molecule has 2 aromatic carbocycles. The number of benzene rings is 2. The van der Waals surface area contributed by atoms with Crippen LogP contribution in [0.3, 0.4) is 0 Å². The number of aryl methyl sites for hydroxylation is 1. The molecule has 0 aliphatic rings. The molecule has 19 heavy (non-hydrogen) atoms. The summed E-state index contributed by atoms with van der Waals surface area (Å²) in [6.07, 6.45) is 1.04. The largest absolute Gasteiger partial charge is 0.313 e. The first-order valence-corrected chi connectivity index (χ1v) is 6.69. The predicted octanol–water partition coefficient (Wildman–Crippen LogP) is 4.47. The molecule has 1 unspecified atom stereocenters. The lowest BCUT2D eigenvalue weighted by molar-refractivity contribution is 0.577. The highest BCUT2D eigenvalue weighted by Crippen LogP contribution is 2.25. The molecule has 0 saturated carbocycles. The lowest BCUT2D eigenvalue weighted by atomic mass is 9.97. The number of hydrogen-bond acceptors (Lipinski definition) is 1. The van der Waals surface area contributed by atoms with Crippen LogP contribution in [0.5, 0.6) is 0 Å². The Balaban J connectivity index is 2.40. The molecule has 0 amide bonds. The molecule has 0 heterocycles. The first kappa shape index (κ1) is 13.8. The maximum absolute atomic E-state index is 13.3. The first-order chi connectivity index (χ1) is 9.15. The molecule has 1 nitrogen and oxygen atoms in total. The third kappa shape index (κ3) is 3.02. The van der Waals surface area contributed by atoms with Crippen LogP contribution in [0.1, 0.15) is 30.5 Å². The number of hydrogen-bond donors (Lipinski definition) is 1. The Kier molecular flexibility index (Phi) is 4.33. The zero-order chi connectivity index (χ0) is 13.8. The average Bonchev–Trinajstić information content (AvgIpc) is 2.44. The Morgan fingerprint density at radius 1 is 1.11 bits per heavy atom. The molecule has 0 aliphatic carbocycles. The smallest absolute Gasteiger partial charge is 0.126 e. The molecular weight excluding hydrogens is 237 g/mol. The van der Waals surface area contributed by atoms with Gasteiger partial charge in [-0.3, -0.25) is 0 Å². The van der Waals surface area contributed by atoms with Gasteiger partial charge in [0.05, 0.1) is 0 Å². The standard InChI is InChI=1S/C17H20FN/c1-4-17(19-3)15-7-5-6-13(11-15)14-8-9-16(18)12(2)10-14/h5-11,17,19H,4H2,1-3H3. The summed E-state index contributed by atoms with van der Waals surface area (Å²) in [4.78, 5) is 0. The van der Waals surface area contributed by atoms with Gasteiger partial charge in [-0.15, -0.1) is 0 Å². The van der Waals surface area contributed by atoms with E-state index in [2.05, 4.69) is 36.5 Å². The third-order valence-electron chi connectivity index (χ3n) is 3.54. The second-order valence-corrected chi connectivity index (χ2v) is 4.84. The van der Waals surface area contributed by atoms with Gasteiger partial charge in [0.15, 0.2) is 0 Å². The second-order valence-electron chi connectivity index (χ2n) is 4.84. The highest BCUT2D eigenvalue weighted by molar-refractivity contribution is 5.65. The van der Waals surface area contributed by atoms with Crippen LogP contribution in [0.15, 0.2) is 42.5 Å². The summed E-state index contributed by atoms with van der Waals surface area (Å²) in [7, 11) is 1.98. The Hall–Kier alpha value is -1.67. The van der Waals surface area contributed by atoms with Crippen molar-refractivity contribution in [1.82, 2.24) is 5.32 Å². The minimum absolute atomic E-state index is 0.151. The van der Waals surface area contributed by atoms with Crippen molar-refractivity contribution in [2.45, 2.75) is 26.3 Å². The fraction of sp³-hybridized carbons (Fsp3) is 0.294. The highest BCUT2D eigenvalue weighted by Gasteiger charge is 2.08. The summed E-state index contributed by atoms with van der Waals surface area (Å²) in [5.74, 6) is -0.151. The zero-order valence-corrected chi connectivity index (χ0v) is 11.7. The summed E-state index contributed by atoms with van der Waals surface area (Å²) in [5, 5.41) is 3.31. The lowest BCUT2D eigenvalue weighted by Gasteiger charge is -2.15. The van der Waals surface area contributed by atoms with Crippen molar-refractivity contribution in [3.8, 4) is 11.1 Å². The molecule has 0 radical (unpaired) electrons. The van der Waals surface area contributed by atoms with E-state index in [1.807, 2.05) is 19.2 Å². The fourth-order valence-corrected chi connectivity index (χ4v) is 2.37. The first-order valence-electron chi connectivity index (χ1n) is 6.69. The second kappa shape index (κ2) is 5.98. The summed E-state index contributed by atoms with van der Waals surface area (Å²) < 4.78 is 13.3. The summed E-state index contributed by atoms with van der Waals surface area (Å²) in [6.45, 7) is 3.96. The van der Waals surface area contributed by atoms with Gasteiger partial charge < -0.3 is 5.32 Å². The Bertz CT molecular complexity index is 559. The minimum Gasteiger partial charge on any atom is -0.313 e. The van der Waals surface area contributed by atoms with Crippen LogP contribution in [-0.4, -0.2) is 7.05 Å². The molecule has 1 atom stereocenters. The van der Waals surface area contributed by atoms with E-state index < -0.39 is 0 Å². The zero-order valence-electron chi connectivity index (χ0n) is 11.7. The van der Waals surface area contributed by atoms with Gasteiger partial charge in [-0.1, -0.05) is 31.2 Å². The molecular formula is C17H20FN. The minimum atomic E-state index is -0.151. The van der Waals surface area contributed by atoms with Crippen molar-refractivity contribution in [2.75, 3.05) is 7.05 Å². The summed E-state index contributed by atoms with van der Waals surface area (Å²) >= 11 is 0. The van der Waals surface area contributed by atoms with Gasteiger partial charge in [-0.25, -0.2) is 4.39 Å². The molecule has 0 aromatic heterocycles. The lowest BCUT2D eigenvalue weighted by Crippen LogP contribution is -2.15. The van der Waals surface area contributed by atoms with Gasteiger partial charge in [-0.05, 0) is 60.8 Å². The van der Waals surface area contributed by atoms with Crippen molar-refractivity contribution in [3.05, 3.63) is 59.4 Å². The van der Waals surface area contributed by atoms with Crippen LogP contribution in [-0.2, 0) is 0 Å². The van der Waals surface area contributed by atoms with Gasteiger partial charge in [0.25, 0.3) is 0 Å².